The molecule has 3 rings (SSSR count). The molecule has 0 saturated heterocycles. The molecule has 6 nitrogen and oxygen atoms in total. The number of thioether (sulfide) groups is 1. The fraction of sp³-hybridized carbons (Fsp3) is 0.304. The van der Waals surface area contributed by atoms with Gasteiger partial charge in [-0.3, -0.25) is 4.79 Å². The van der Waals surface area contributed by atoms with Crippen LogP contribution >= 0.6 is 23.1 Å². The average Bonchev–Trinajstić information content (AvgIpc) is 3.26. The van der Waals surface area contributed by atoms with Gasteiger partial charge in [-0.15, -0.1) is 23.1 Å². The number of amides is 1. The van der Waals surface area contributed by atoms with Crippen LogP contribution in [0.2, 0.25) is 0 Å². The Balaban J connectivity index is 1.54. The highest BCUT2D eigenvalue weighted by atomic mass is 32.2. The summed E-state index contributed by atoms with van der Waals surface area (Å²) in [7, 11) is 1.63. The van der Waals surface area contributed by atoms with Crippen LogP contribution in [0.15, 0.2) is 46.8 Å². The molecular weight excluding hydrogens is 428 g/mol. The molecule has 1 aromatic carbocycles. The van der Waals surface area contributed by atoms with Gasteiger partial charge >= 0.3 is 0 Å². The lowest BCUT2D eigenvalue weighted by Crippen LogP contribution is -2.12. The summed E-state index contributed by atoms with van der Waals surface area (Å²) < 4.78 is 5.25. The number of hydrogen-bond acceptors (Lipinski definition) is 7. The van der Waals surface area contributed by atoms with Gasteiger partial charge < -0.3 is 10.1 Å². The number of pyridine rings is 1. The molecule has 160 valence electrons. The van der Waals surface area contributed by atoms with Crippen molar-refractivity contribution in [3.05, 3.63) is 53.0 Å². The third-order valence-electron chi connectivity index (χ3n) is 4.51. The molecule has 0 fully saturated rings. The molecule has 3 aromatic rings. The molecule has 2 heterocycles. The molecule has 0 atom stereocenters. The summed E-state index contributed by atoms with van der Waals surface area (Å²) in [6.07, 6.45) is 3.37. The fourth-order valence-corrected chi connectivity index (χ4v) is 4.51. The molecule has 0 bridgehead atoms. The van der Waals surface area contributed by atoms with Crippen molar-refractivity contribution in [2.75, 3.05) is 18.2 Å². The highest BCUT2D eigenvalue weighted by Crippen LogP contribution is 2.28. The van der Waals surface area contributed by atoms with Crippen molar-refractivity contribution < 1.29 is 9.53 Å². The molecule has 2 aromatic heterocycles. The number of thiazole rings is 1. The third kappa shape index (κ3) is 6.54. The zero-order valence-corrected chi connectivity index (χ0v) is 19.2. The van der Waals surface area contributed by atoms with E-state index in [1.54, 1.807) is 7.11 Å². The van der Waals surface area contributed by atoms with E-state index in [9.17, 15) is 10.1 Å². The van der Waals surface area contributed by atoms with Crippen molar-refractivity contribution in [1.29, 1.82) is 5.26 Å². The Hall–Kier alpha value is -2.89. The molecular formula is C23H24N4O2S2. The molecule has 0 aliphatic carbocycles. The molecule has 1 N–H and O–H groups in total. The highest BCUT2D eigenvalue weighted by molar-refractivity contribution is 7.99. The minimum Gasteiger partial charge on any atom is -0.497 e. The lowest BCUT2D eigenvalue weighted by atomic mass is 10.2. The molecule has 1 amide bonds. The Morgan fingerprint density at radius 2 is 2.16 bits per heavy atom. The molecule has 0 aliphatic heterocycles. The molecule has 0 spiro atoms. The number of nitrogens with zero attached hydrogens (tertiary/aromatic N) is 3. The van der Waals surface area contributed by atoms with Gasteiger partial charge in [0.2, 0.25) is 5.91 Å². The first-order valence-electron chi connectivity index (χ1n) is 10.1. The van der Waals surface area contributed by atoms with Gasteiger partial charge in [-0.2, -0.15) is 5.26 Å². The van der Waals surface area contributed by atoms with E-state index in [0.717, 1.165) is 42.0 Å². The zero-order chi connectivity index (χ0) is 22.1. The van der Waals surface area contributed by atoms with Crippen LogP contribution in [0.1, 0.15) is 37.4 Å². The van der Waals surface area contributed by atoms with Gasteiger partial charge in [-0.05, 0) is 37.1 Å². The lowest BCUT2D eigenvalue weighted by Gasteiger charge is -2.06. The SMILES string of the molecule is CCCCc1ccc(C#N)c(SCCC(=O)Nc2nc(-c3cccc(OC)c3)cs2)n1. The standard InChI is InChI=1S/C23H24N4O2S2/c1-3-4-7-18-10-9-17(14-24)22(25-18)30-12-11-21(28)27-23-26-20(15-31-23)16-6-5-8-19(13-16)29-2/h5-6,8-10,13,15H,3-4,7,11-12H2,1-2H3,(H,26,27,28). The number of carbonyl (C=O) groups excluding carboxylic acids is 1. The summed E-state index contributed by atoms with van der Waals surface area (Å²) in [6, 6.07) is 13.6. The number of ether oxygens (including phenoxy) is 1. The second-order valence-electron chi connectivity index (χ2n) is 6.79. The number of methoxy groups -OCH3 is 1. The first-order chi connectivity index (χ1) is 15.1. The monoisotopic (exact) mass is 452 g/mol. The molecule has 0 unspecified atom stereocenters. The number of aromatic nitrogens is 2. The summed E-state index contributed by atoms with van der Waals surface area (Å²) in [5, 5.41) is 15.3. The number of carbonyl (C=O) groups is 1. The molecule has 8 heteroatoms. The van der Waals surface area contributed by atoms with E-state index in [-0.39, 0.29) is 5.91 Å². The molecule has 0 saturated carbocycles. The van der Waals surface area contributed by atoms with Crippen LogP contribution in [0.5, 0.6) is 5.75 Å². The van der Waals surface area contributed by atoms with Crippen LogP contribution in [-0.4, -0.2) is 28.7 Å². The van der Waals surface area contributed by atoms with Crippen LogP contribution in [0.4, 0.5) is 5.13 Å². The number of aryl methyl sites for hydroxylation is 1. The average molecular weight is 453 g/mol. The summed E-state index contributed by atoms with van der Waals surface area (Å²) in [5.41, 5.74) is 3.26. The van der Waals surface area contributed by atoms with Crippen molar-refractivity contribution in [3.8, 4) is 23.1 Å². The predicted octanol–water partition coefficient (Wildman–Crippen LogP) is 5.55. The van der Waals surface area contributed by atoms with Crippen molar-refractivity contribution in [2.45, 2.75) is 37.6 Å². The summed E-state index contributed by atoms with van der Waals surface area (Å²) >= 11 is 2.82. The Labute approximate surface area is 190 Å². The number of unbranched alkanes of at least 4 members (excludes halogenated alkanes) is 1. The van der Waals surface area contributed by atoms with Crippen molar-refractivity contribution >= 4 is 34.1 Å². The second kappa shape index (κ2) is 11.5. The van der Waals surface area contributed by atoms with Gasteiger partial charge in [0.25, 0.3) is 0 Å². The maximum absolute atomic E-state index is 12.3. The first-order valence-corrected chi connectivity index (χ1v) is 11.9. The van der Waals surface area contributed by atoms with Crippen molar-refractivity contribution in [3.63, 3.8) is 0 Å². The molecule has 31 heavy (non-hydrogen) atoms. The number of rotatable bonds is 10. The second-order valence-corrected chi connectivity index (χ2v) is 8.73. The Morgan fingerprint density at radius 3 is 2.94 bits per heavy atom. The van der Waals surface area contributed by atoms with E-state index in [1.807, 2.05) is 41.8 Å². The minimum atomic E-state index is -0.111. The van der Waals surface area contributed by atoms with Crippen LogP contribution in [0.25, 0.3) is 11.3 Å². The number of anilines is 1. The lowest BCUT2D eigenvalue weighted by molar-refractivity contribution is -0.115. The van der Waals surface area contributed by atoms with Gasteiger partial charge in [-0.25, -0.2) is 9.97 Å². The first kappa shape index (κ1) is 22.8. The Bertz CT molecular complexity index is 1080. The maximum Gasteiger partial charge on any atom is 0.226 e. The summed E-state index contributed by atoms with van der Waals surface area (Å²) in [4.78, 5) is 21.4. The van der Waals surface area contributed by atoms with Crippen LogP contribution in [0, 0.1) is 11.3 Å². The Morgan fingerprint density at radius 1 is 1.29 bits per heavy atom. The third-order valence-corrected chi connectivity index (χ3v) is 6.26. The van der Waals surface area contributed by atoms with Gasteiger partial charge in [0.05, 0.1) is 18.4 Å². The number of nitrogens with one attached hydrogen (secondary N) is 1. The topological polar surface area (TPSA) is 87.9 Å². The molecule has 0 radical (unpaired) electrons. The van der Waals surface area contributed by atoms with Crippen LogP contribution in [0.3, 0.4) is 0 Å². The van der Waals surface area contributed by atoms with Gasteiger partial charge in [-0.1, -0.05) is 25.5 Å². The van der Waals surface area contributed by atoms with E-state index in [4.69, 9.17) is 4.74 Å². The number of benzene rings is 1. The Kier molecular flexibility index (Phi) is 8.44. The summed E-state index contributed by atoms with van der Waals surface area (Å²) in [5.74, 6) is 1.19. The quantitative estimate of drug-likeness (QED) is 0.406. The van der Waals surface area contributed by atoms with Crippen LogP contribution < -0.4 is 10.1 Å². The summed E-state index contributed by atoms with van der Waals surface area (Å²) in [6.45, 7) is 2.14. The van der Waals surface area contributed by atoms with E-state index in [0.29, 0.717) is 27.9 Å². The largest absolute Gasteiger partial charge is 0.497 e. The normalized spacial score (nSPS) is 10.5. The number of nitriles is 1. The maximum atomic E-state index is 12.3. The van der Waals surface area contributed by atoms with Gasteiger partial charge in [0.15, 0.2) is 5.13 Å². The van der Waals surface area contributed by atoms with Gasteiger partial charge in [0, 0.05) is 28.8 Å². The van der Waals surface area contributed by atoms with E-state index in [2.05, 4.69) is 28.3 Å². The highest BCUT2D eigenvalue weighted by Gasteiger charge is 2.11. The molecule has 0 aliphatic rings. The fourth-order valence-electron chi connectivity index (χ4n) is 2.84. The zero-order valence-electron chi connectivity index (χ0n) is 17.6. The van der Waals surface area contributed by atoms with Gasteiger partial charge in [0.1, 0.15) is 16.8 Å². The van der Waals surface area contributed by atoms with E-state index >= 15 is 0 Å². The van der Waals surface area contributed by atoms with E-state index < -0.39 is 0 Å². The van der Waals surface area contributed by atoms with Crippen LogP contribution in [-0.2, 0) is 11.2 Å². The minimum absolute atomic E-state index is 0.111. The van der Waals surface area contributed by atoms with E-state index in [1.165, 1.54) is 23.1 Å². The smallest absolute Gasteiger partial charge is 0.226 e. The van der Waals surface area contributed by atoms with Crippen molar-refractivity contribution in [2.24, 2.45) is 0 Å². The van der Waals surface area contributed by atoms with Crippen molar-refractivity contribution in [1.82, 2.24) is 9.97 Å². The number of hydrogen-bond donors (Lipinski definition) is 1. The predicted molar refractivity (Wildman–Crippen MR) is 126 cm³/mol.